The Balaban J connectivity index is 1.42. The first-order valence-corrected chi connectivity index (χ1v) is 14.0. The number of aryl methyl sites for hydroxylation is 2. The fraction of sp³-hybridized carbons (Fsp3) is 0.593. The lowest BCUT2D eigenvalue weighted by Gasteiger charge is -2.26. The fourth-order valence-electron chi connectivity index (χ4n) is 4.75. The van der Waals surface area contributed by atoms with Crippen LogP contribution in [0.2, 0.25) is 5.02 Å². The summed E-state index contributed by atoms with van der Waals surface area (Å²) < 4.78 is 6.05. The Labute approximate surface area is 218 Å². The smallest absolute Gasteiger partial charge is 0.303 e. The zero-order chi connectivity index (χ0) is 25.2. The van der Waals surface area contributed by atoms with E-state index in [2.05, 4.69) is 29.3 Å². The van der Waals surface area contributed by atoms with Crippen molar-refractivity contribution in [3.63, 3.8) is 0 Å². The number of benzene rings is 1. The van der Waals surface area contributed by atoms with Crippen molar-refractivity contribution in [1.29, 1.82) is 0 Å². The van der Waals surface area contributed by atoms with Gasteiger partial charge in [-0.3, -0.25) is 9.69 Å². The standard InChI is InChI=1S/C27H39ClN2O4S/c1-3-20-14-19(7-9-24(20)28)15-22-6-5-12-30(22)18-29-16-23(31)17-34-25(4-2)27-21(11-13-35-27)8-10-26(32)33/h7,9,11,13-14,22-23,25,29,31H,3-6,8,10,12,15-18H2,1-2H3,(H,32,33)/t22-,23+,25?/m0/s1. The van der Waals surface area contributed by atoms with Gasteiger partial charge in [0.05, 0.1) is 18.8 Å². The van der Waals surface area contributed by atoms with Gasteiger partial charge in [-0.05, 0) is 79.3 Å². The summed E-state index contributed by atoms with van der Waals surface area (Å²) in [6, 6.07) is 8.86. The summed E-state index contributed by atoms with van der Waals surface area (Å²) in [6.45, 7) is 6.71. The molecule has 2 aromatic rings. The number of nitrogens with zero attached hydrogens (tertiary/aromatic N) is 1. The van der Waals surface area contributed by atoms with E-state index in [0.29, 0.717) is 19.0 Å². The largest absolute Gasteiger partial charge is 0.481 e. The Hall–Kier alpha value is -1.48. The van der Waals surface area contributed by atoms with Crippen molar-refractivity contribution >= 4 is 28.9 Å². The fourth-order valence-corrected chi connectivity index (χ4v) is 6.09. The lowest BCUT2D eigenvalue weighted by atomic mass is 10.0. The summed E-state index contributed by atoms with van der Waals surface area (Å²) in [5.74, 6) is -0.795. The normalized spacial score (nSPS) is 18.1. The van der Waals surface area contributed by atoms with E-state index in [1.54, 1.807) is 11.3 Å². The van der Waals surface area contributed by atoms with Gasteiger partial charge in [0, 0.05) is 35.6 Å². The molecule has 0 saturated carbocycles. The maximum Gasteiger partial charge on any atom is 0.303 e. The molecule has 6 nitrogen and oxygen atoms in total. The second-order valence-electron chi connectivity index (χ2n) is 9.29. The van der Waals surface area contributed by atoms with Crippen LogP contribution in [0.25, 0.3) is 0 Å². The van der Waals surface area contributed by atoms with Crippen LogP contribution in [0.1, 0.15) is 67.2 Å². The first-order chi connectivity index (χ1) is 16.9. The average Bonchev–Trinajstić information content (AvgIpc) is 3.49. The molecule has 194 valence electrons. The molecule has 0 amide bonds. The Bertz CT molecular complexity index is 938. The molecule has 1 aromatic heterocycles. The molecule has 1 fully saturated rings. The van der Waals surface area contributed by atoms with Gasteiger partial charge in [-0.15, -0.1) is 11.3 Å². The third-order valence-corrected chi connectivity index (χ3v) is 8.12. The number of rotatable bonds is 15. The molecule has 1 unspecified atom stereocenters. The molecule has 2 heterocycles. The molecular weight excluding hydrogens is 484 g/mol. The number of halogens is 1. The highest BCUT2D eigenvalue weighted by molar-refractivity contribution is 7.10. The average molecular weight is 523 g/mol. The molecule has 1 aliphatic heterocycles. The highest BCUT2D eigenvalue weighted by Gasteiger charge is 2.25. The van der Waals surface area contributed by atoms with Crippen molar-refractivity contribution in [2.24, 2.45) is 0 Å². The Kier molecular flexibility index (Phi) is 11.5. The van der Waals surface area contributed by atoms with Gasteiger partial charge >= 0.3 is 5.97 Å². The number of carboxylic acid groups (broad SMARTS) is 1. The maximum absolute atomic E-state index is 10.9. The molecule has 0 aliphatic carbocycles. The number of ether oxygens (including phenoxy) is 1. The lowest BCUT2D eigenvalue weighted by Crippen LogP contribution is -2.42. The number of hydrogen-bond acceptors (Lipinski definition) is 6. The third kappa shape index (κ3) is 8.55. The summed E-state index contributed by atoms with van der Waals surface area (Å²) in [5.41, 5.74) is 3.57. The second-order valence-corrected chi connectivity index (χ2v) is 10.6. The van der Waals surface area contributed by atoms with Crippen LogP contribution in [0.5, 0.6) is 0 Å². The molecule has 3 N–H and O–H groups in total. The molecule has 0 spiro atoms. The number of hydrogen-bond donors (Lipinski definition) is 3. The van der Waals surface area contributed by atoms with Crippen LogP contribution < -0.4 is 5.32 Å². The maximum atomic E-state index is 10.9. The summed E-state index contributed by atoms with van der Waals surface area (Å²) in [7, 11) is 0. The summed E-state index contributed by atoms with van der Waals surface area (Å²) in [4.78, 5) is 14.5. The van der Waals surface area contributed by atoms with Gasteiger partial charge < -0.3 is 20.3 Å². The van der Waals surface area contributed by atoms with E-state index in [0.717, 1.165) is 47.9 Å². The van der Waals surface area contributed by atoms with Crippen molar-refractivity contribution < 1.29 is 19.7 Å². The molecule has 8 heteroatoms. The molecule has 1 saturated heterocycles. The predicted octanol–water partition coefficient (Wildman–Crippen LogP) is 5.06. The van der Waals surface area contributed by atoms with Gasteiger partial charge in [-0.25, -0.2) is 0 Å². The molecule has 0 bridgehead atoms. The third-order valence-electron chi connectivity index (χ3n) is 6.70. The van der Waals surface area contributed by atoms with Crippen LogP contribution in [-0.2, 0) is 28.8 Å². The van der Waals surface area contributed by atoms with Crippen molar-refractivity contribution in [3.8, 4) is 0 Å². The van der Waals surface area contributed by atoms with Crippen molar-refractivity contribution in [3.05, 3.63) is 56.2 Å². The van der Waals surface area contributed by atoms with Crippen LogP contribution in [0.15, 0.2) is 29.6 Å². The number of aliphatic hydroxyl groups is 1. The number of aliphatic carboxylic acids is 1. The van der Waals surface area contributed by atoms with Crippen molar-refractivity contribution in [2.45, 2.75) is 77.0 Å². The predicted molar refractivity (Wildman–Crippen MR) is 142 cm³/mol. The number of thiophene rings is 1. The zero-order valence-corrected chi connectivity index (χ0v) is 22.4. The van der Waals surface area contributed by atoms with Crippen molar-refractivity contribution in [2.75, 3.05) is 26.4 Å². The van der Waals surface area contributed by atoms with E-state index in [-0.39, 0.29) is 19.1 Å². The molecular formula is C27H39ClN2O4S. The first-order valence-electron chi connectivity index (χ1n) is 12.7. The van der Waals surface area contributed by atoms with Crippen molar-refractivity contribution in [1.82, 2.24) is 10.2 Å². The SMILES string of the molecule is CCc1cc(C[C@@H]2CCCN2CNC[C@@H](O)COC(CC)c2sccc2CCC(=O)O)ccc1Cl. The van der Waals surface area contributed by atoms with E-state index in [1.807, 2.05) is 24.4 Å². The molecule has 35 heavy (non-hydrogen) atoms. The Morgan fingerprint density at radius 2 is 2.14 bits per heavy atom. The van der Waals surface area contributed by atoms with Crippen LogP contribution in [0.3, 0.4) is 0 Å². The van der Waals surface area contributed by atoms with Crippen LogP contribution >= 0.6 is 22.9 Å². The number of likely N-dealkylation sites (tertiary alicyclic amines) is 1. The van der Waals surface area contributed by atoms with Gasteiger partial charge in [0.25, 0.3) is 0 Å². The number of aliphatic hydroxyl groups excluding tert-OH is 1. The second kappa shape index (κ2) is 14.3. The quantitative estimate of drug-likeness (QED) is 0.303. The van der Waals surface area contributed by atoms with Crippen LogP contribution in [0.4, 0.5) is 0 Å². The van der Waals surface area contributed by atoms with E-state index in [1.165, 1.54) is 24.0 Å². The zero-order valence-electron chi connectivity index (χ0n) is 20.8. The summed E-state index contributed by atoms with van der Waals surface area (Å²) >= 11 is 7.88. The van der Waals surface area contributed by atoms with Crippen LogP contribution in [-0.4, -0.2) is 59.6 Å². The minimum Gasteiger partial charge on any atom is -0.481 e. The van der Waals surface area contributed by atoms with E-state index in [4.69, 9.17) is 21.4 Å². The first kappa shape index (κ1) is 28.1. The van der Waals surface area contributed by atoms with E-state index >= 15 is 0 Å². The Morgan fingerprint density at radius 1 is 1.31 bits per heavy atom. The number of carbonyl (C=O) groups is 1. The molecule has 1 aliphatic rings. The van der Waals surface area contributed by atoms with Gasteiger partial charge in [0.15, 0.2) is 0 Å². The molecule has 3 atom stereocenters. The monoisotopic (exact) mass is 522 g/mol. The molecule has 3 rings (SSSR count). The summed E-state index contributed by atoms with van der Waals surface area (Å²) in [5, 5.41) is 25.7. The topological polar surface area (TPSA) is 82.0 Å². The molecule has 1 aromatic carbocycles. The number of carboxylic acids is 1. The highest BCUT2D eigenvalue weighted by Crippen LogP contribution is 2.31. The van der Waals surface area contributed by atoms with Gasteiger partial charge in [-0.2, -0.15) is 0 Å². The van der Waals surface area contributed by atoms with Gasteiger partial charge in [-0.1, -0.05) is 37.6 Å². The van der Waals surface area contributed by atoms with Crippen LogP contribution in [0, 0.1) is 0 Å². The van der Waals surface area contributed by atoms with E-state index < -0.39 is 12.1 Å². The minimum atomic E-state index is -0.795. The number of nitrogens with one attached hydrogen (secondary N) is 1. The minimum absolute atomic E-state index is 0.113. The van der Waals surface area contributed by atoms with E-state index in [9.17, 15) is 9.90 Å². The Morgan fingerprint density at radius 3 is 2.89 bits per heavy atom. The van der Waals surface area contributed by atoms with Gasteiger partial charge in [0.2, 0.25) is 0 Å². The molecule has 0 radical (unpaired) electrons. The summed E-state index contributed by atoms with van der Waals surface area (Å²) in [6.07, 6.45) is 5.00. The lowest BCUT2D eigenvalue weighted by molar-refractivity contribution is -0.136. The van der Waals surface area contributed by atoms with Gasteiger partial charge in [0.1, 0.15) is 0 Å². The highest BCUT2D eigenvalue weighted by atomic mass is 35.5.